The molecule has 46 heavy (non-hydrogen) atoms. The van der Waals surface area contributed by atoms with Crippen LogP contribution in [0, 0.1) is 24.6 Å². The summed E-state index contributed by atoms with van der Waals surface area (Å²) < 4.78 is 28.5. The van der Waals surface area contributed by atoms with Gasteiger partial charge in [-0.1, -0.05) is 0 Å². The second-order valence-corrected chi connectivity index (χ2v) is 14.0. The Bertz CT molecular complexity index is 1800. The van der Waals surface area contributed by atoms with Crippen molar-refractivity contribution in [3.63, 3.8) is 0 Å². The van der Waals surface area contributed by atoms with E-state index in [0.717, 1.165) is 5.56 Å². The van der Waals surface area contributed by atoms with Crippen LogP contribution >= 0.6 is 0 Å². The molecule has 0 radical (unpaired) electrons. The average molecular weight is 630 g/mol. The Hall–Kier alpha value is -4.74. The number of carbonyl (C=O) groups excluding carboxylic acids is 2. The number of hydrogen-bond acceptors (Lipinski definition) is 8. The first kappa shape index (κ1) is 31.3. The first-order chi connectivity index (χ1) is 21.6. The van der Waals surface area contributed by atoms with Crippen molar-refractivity contribution in [2.45, 2.75) is 59.7 Å². The standard InChI is InChI=1S/C34H40FN7O4/c1-20-37-27-10-9-26(21-12-13-36-29(14-21)39-31(43)45-33(2,3)4)38-30(27)42(20)24-8-11-28(25(35)15-24)40-16-22-18-41(19-23(22)17-40)32(44)46-34(5,6)7/h8-15,22-23H,16-19H2,1-7H3,(H,36,39,43)/t22-,23+. The number of rotatable bonds is 4. The maximum Gasteiger partial charge on any atom is 0.413 e. The quantitative estimate of drug-likeness (QED) is 0.269. The molecule has 3 aromatic heterocycles. The molecule has 0 unspecified atom stereocenters. The van der Waals surface area contributed by atoms with Crippen LogP contribution in [0.25, 0.3) is 28.1 Å². The number of nitrogens with zero attached hydrogens (tertiary/aromatic N) is 6. The second-order valence-electron chi connectivity index (χ2n) is 14.0. The molecule has 2 fully saturated rings. The van der Waals surface area contributed by atoms with Crippen molar-refractivity contribution in [1.29, 1.82) is 0 Å². The molecule has 0 bridgehead atoms. The van der Waals surface area contributed by atoms with E-state index in [1.807, 2.05) is 56.5 Å². The molecule has 2 saturated heterocycles. The number of imidazole rings is 1. The molecular weight excluding hydrogens is 589 g/mol. The van der Waals surface area contributed by atoms with Crippen LogP contribution in [-0.2, 0) is 9.47 Å². The van der Waals surface area contributed by atoms with Gasteiger partial charge in [0, 0.05) is 55.8 Å². The number of aryl methyl sites for hydroxylation is 1. The fraction of sp³-hybridized carbons (Fsp3) is 0.441. The molecule has 2 atom stereocenters. The first-order valence-electron chi connectivity index (χ1n) is 15.5. The third-order valence-corrected chi connectivity index (χ3v) is 8.03. The van der Waals surface area contributed by atoms with Crippen LogP contribution in [0.2, 0.25) is 0 Å². The van der Waals surface area contributed by atoms with Gasteiger partial charge in [0.25, 0.3) is 0 Å². The third kappa shape index (κ3) is 6.61. The number of carbonyl (C=O) groups is 2. The van der Waals surface area contributed by atoms with Crippen molar-refractivity contribution in [3.8, 4) is 16.9 Å². The van der Waals surface area contributed by atoms with Crippen molar-refractivity contribution >= 4 is 34.9 Å². The van der Waals surface area contributed by atoms with Crippen molar-refractivity contribution in [2.75, 3.05) is 36.4 Å². The van der Waals surface area contributed by atoms with Crippen LogP contribution in [0.4, 0.5) is 25.5 Å². The van der Waals surface area contributed by atoms with E-state index in [0.29, 0.717) is 66.1 Å². The third-order valence-electron chi connectivity index (χ3n) is 8.03. The van der Waals surface area contributed by atoms with Gasteiger partial charge in [0.05, 0.1) is 17.1 Å². The molecule has 1 aromatic carbocycles. The highest BCUT2D eigenvalue weighted by Crippen LogP contribution is 2.36. The van der Waals surface area contributed by atoms with Crippen molar-refractivity contribution in [2.24, 2.45) is 11.8 Å². The molecular formula is C34H40FN7O4. The van der Waals surface area contributed by atoms with E-state index in [2.05, 4.69) is 20.2 Å². The predicted octanol–water partition coefficient (Wildman–Crippen LogP) is 6.58. The van der Waals surface area contributed by atoms with Crippen molar-refractivity contribution in [1.82, 2.24) is 24.4 Å². The number of likely N-dealkylation sites (tertiary alicyclic amines) is 1. The summed E-state index contributed by atoms with van der Waals surface area (Å²) in [5.74, 6) is 1.21. The van der Waals surface area contributed by atoms with E-state index >= 15 is 4.39 Å². The summed E-state index contributed by atoms with van der Waals surface area (Å²) in [5, 5.41) is 2.66. The van der Waals surface area contributed by atoms with Gasteiger partial charge in [-0.05, 0) is 84.9 Å². The lowest BCUT2D eigenvalue weighted by molar-refractivity contribution is 0.0282. The Labute approximate surface area is 267 Å². The summed E-state index contributed by atoms with van der Waals surface area (Å²) in [7, 11) is 0. The summed E-state index contributed by atoms with van der Waals surface area (Å²) in [6, 6.07) is 12.5. The van der Waals surface area contributed by atoms with Crippen LogP contribution in [0.5, 0.6) is 0 Å². The minimum atomic E-state index is -0.638. The summed E-state index contributed by atoms with van der Waals surface area (Å²) in [4.78, 5) is 42.5. The molecule has 2 aliphatic heterocycles. The molecule has 0 saturated carbocycles. The van der Waals surface area contributed by atoms with Gasteiger partial charge >= 0.3 is 12.2 Å². The molecule has 12 heteroatoms. The van der Waals surface area contributed by atoms with E-state index in [4.69, 9.17) is 14.5 Å². The topological polar surface area (TPSA) is 115 Å². The molecule has 0 aliphatic carbocycles. The number of benzene rings is 1. The molecule has 2 aliphatic rings. The summed E-state index contributed by atoms with van der Waals surface area (Å²) in [6.07, 6.45) is 0.705. The fourth-order valence-corrected chi connectivity index (χ4v) is 6.16. The Morgan fingerprint density at radius 2 is 1.59 bits per heavy atom. The van der Waals surface area contributed by atoms with Crippen LogP contribution in [0.3, 0.4) is 0 Å². The Morgan fingerprint density at radius 3 is 2.24 bits per heavy atom. The van der Waals surface area contributed by atoms with Gasteiger partial charge in [-0.2, -0.15) is 0 Å². The van der Waals surface area contributed by atoms with Gasteiger partial charge < -0.3 is 19.3 Å². The maximum atomic E-state index is 15.8. The second kappa shape index (κ2) is 11.6. The molecule has 242 valence electrons. The molecule has 11 nitrogen and oxygen atoms in total. The number of ether oxygens (including phenoxy) is 2. The van der Waals surface area contributed by atoms with E-state index in [1.165, 1.54) is 6.07 Å². The number of pyridine rings is 2. The van der Waals surface area contributed by atoms with Crippen molar-refractivity contribution in [3.05, 3.63) is 60.3 Å². The van der Waals surface area contributed by atoms with Crippen LogP contribution in [-0.4, -0.2) is 74.0 Å². The lowest BCUT2D eigenvalue weighted by Crippen LogP contribution is -2.37. The van der Waals surface area contributed by atoms with E-state index in [9.17, 15) is 9.59 Å². The molecule has 0 spiro atoms. The van der Waals surface area contributed by atoms with Crippen LogP contribution < -0.4 is 10.2 Å². The fourth-order valence-electron chi connectivity index (χ4n) is 6.16. The summed E-state index contributed by atoms with van der Waals surface area (Å²) in [5.41, 5.74) is 2.62. The zero-order valence-corrected chi connectivity index (χ0v) is 27.3. The molecule has 4 aromatic rings. The average Bonchev–Trinajstić information content (AvgIpc) is 3.61. The molecule has 2 amide bonds. The van der Waals surface area contributed by atoms with Gasteiger partial charge in [0.1, 0.15) is 34.2 Å². The van der Waals surface area contributed by atoms with E-state index < -0.39 is 17.3 Å². The Morgan fingerprint density at radius 1 is 0.891 bits per heavy atom. The lowest BCUT2D eigenvalue weighted by atomic mass is 10.0. The highest BCUT2D eigenvalue weighted by atomic mass is 19.1. The zero-order chi connectivity index (χ0) is 33.0. The Balaban J connectivity index is 1.20. The number of hydrogen-bond donors (Lipinski definition) is 1. The monoisotopic (exact) mass is 629 g/mol. The van der Waals surface area contributed by atoms with Crippen molar-refractivity contribution < 1.29 is 23.5 Å². The number of aromatic nitrogens is 4. The number of fused-ring (bicyclic) bond motifs is 2. The van der Waals surface area contributed by atoms with Gasteiger partial charge in [0.2, 0.25) is 0 Å². The highest BCUT2D eigenvalue weighted by molar-refractivity contribution is 5.85. The summed E-state index contributed by atoms with van der Waals surface area (Å²) in [6.45, 7) is 15.4. The predicted molar refractivity (Wildman–Crippen MR) is 174 cm³/mol. The lowest BCUT2D eigenvalue weighted by Gasteiger charge is -2.26. The Kier molecular flexibility index (Phi) is 7.86. The largest absolute Gasteiger partial charge is 0.444 e. The molecule has 1 N–H and O–H groups in total. The van der Waals surface area contributed by atoms with Gasteiger partial charge in [-0.25, -0.2) is 28.9 Å². The zero-order valence-electron chi connectivity index (χ0n) is 27.3. The smallest absolute Gasteiger partial charge is 0.413 e. The van der Waals surface area contributed by atoms with Crippen LogP contribution in [0.1, 0.15) is 47.4 Å². The number of nitrogens with one attached hydrogen (secondary N) is 1. The SMILES string of the molecule is Cc1nc2ccc(-c3ccnc(NC(=O)OC(C)(C)C)c3)nc2n1-c1ccc(N2C[C@H]3CN(C(=O)OC(C)(C)C)C[C@H]3C2)c(F)c1. The van der Waals surface area contributed by atoms with Gasteiger partial charge in [-0.15, -0.1) is 0 Å². The van der Waals surface area contributed by atoms with Crippen LogP contribution in [0.15, 0.2) is 48.7 Å². The highest BCUT2D eigenvalue weighted by Gasteiger charge is 2.43. The van der Waals surface area contributed by atoms with Gasteiger partial charge in [-0.3, -0.25) is 9.88 Å². The minimum Gasteiger partial charge on any atom is -0.444 e. The minimum absolute atomic E-state index is 0.266. The maximum absolute atomic E-state index is 15.8. The molecule has 5 heterocycles. The van der Waals surface area contributed by atoms with E-state index in [1.54, 1.807) is 44.0 Å². The summed E-state index contributed by atoms with van der Waals surface area (Å²) >= 11 is 0. The molecule has 6 rings (SSSR count). The normalized spacial score (nSPS) is 18.2. The first-order valence-corrected chi connectivity index (χ1v) is 15.5. The number of halogens is 1. The van der Waals surface area contributed by atoms with E-state index in [-0.39, 0.29) is 23.7 Å². The number of amides is 2. The number of anilines is 2. The van der Waals surface area contributed by atoms with Gasteiger partial charge in [0.15, 0.2) is 5.65 Å².